The predicted molar refractivity (Wildman–Crippen MR) is 77.9 cm³/mol. The maximum absolute atomic E-state index is 3.55. The van der Waals surface area contributed by atoms with E-state index >= 15 is 0 Å². The first-order valence-corrected chi connectivity index (χ1v) is 7.09. The molecule has 2 nitrogen and oxygen atoms in total. The number of aromatic amines is 1. The maximum Gasteiger partial charge on any atom is 0.0457 e. The molecule has 2 N–H and O–H groups in total. The van der Waals surface area contributed by atoms with Gasteiger partial charge in [0, 0.05) is 24.3 Å². The van der Waals surface area contributed by atoms with Crippen LogP contribution in [0.1, 0.15) is 24.1 Å². The molecule has 3 heteroatoms. The van der Waals surface area contributed by atoms with Crippen molar-refractivity contribution in [1.29, 1.82) is 0 Å². The van der Waals surface area contributed by atoms with Gasteiger partial charge in [0.1, 0.15) is 0 Å². The van der Waals surface area contributed by atoms with E-state index in [-0.39, 0.29) is 0 Å². The minimum atomic E-state index is 0.399. The molecule has 0 spiro atoms. The highest BCUT2D eigenvalue weighted by atomic mass is 32.1. The summed E-state index contributed by atoms with van der Waals surface area (Å²) >= 11 is 1.75. The quantitative estimate of drug-likeness (QED) is 0.723. The first-order valence-electron chi connectivity index (χ1n) is 6.14. The van der Waals surface area contributed by atoms with Gasteiger partial charge in [0.2, 0.25) is 0 Å². The molecular weight excluding hydrogens is 240 g/mol. The predicted octanol–water partition coefficient (Wildman–Crippen LogP) is 4.08. The number of hydrogen-bond acceptors (Lipinski definition) is 2. The Labute approximate surface area is 111 Å². The molecule has 0 saturated heterocycles. The molecule has 18 heavy (non-hydrogen) atoms. The van der Waals surface area contributed by atoms with Gasteiger partial charge in [0.25, 0.3) is 0 Å². The molecule has 0 saturated carbocycles. The average Bonchev–Trinajstić information content (AvgIpc) is 3.05. The summed E-state index contributed by atoms with van der Waals surface area (Å²) in [6.07, 6.45) is 1.98. The average molecular weight is 256 g/mol. The molecule has 0 aliphatic carbocycles. The summed E-state index contributed by atoms with van der Waals surface area (Å²) in [6.45, 7) is 3.10. The van der Waals surface area contributed by atoms with Crippen LogP contribution >= 0.6 is 11.3 Å². The normalized spacial score (nSPS) is 12.9. The van der Waals surface area contributed by atoms with E-state index in [2.05, 4.69) is 58.3 Å². The van der Waals surface area contributed by atoms with Gasteiger partial charge in [0.15, 0.2) is 0 Å². The lowest BCUT2D eigenvalue weighted by molar-refractivity contribution is 0.576. The van der Waals surface area contributed by atoms with Crippen LogP contribution < -0.4 is 5.32 Å². The summed E-state index contributed by atoms with van der Waals surface area (Å²) in [5.74, 6) is 0. The molecule has 1 unspecified atom stereocenters. The van der Waals surface area contributed by atoms with Crippen molar-refractivity contribution in [2.24, 2.45) is 0 Å². The van der Waals surface area contributed by atoms with Crippen LogP contribution in [0.3, 0.4) is 0 Å². The number of thiophene rings is 1. The van der Waals surface area contributed by atoms with Gasteiger partial charge in [-0.3, -0.25) is 0 Å². The number of fused-ring (bicyclic) bond motifs is 1. The van der Waals surface area contributed by atoms with Gasteiger partial charge in [-0.05, 0) is 52.4 Å². The molecule has 0 bridgehead atoms. The van der Waals surface area contributed by atoms with Crippen molar-refractivity contribution in [3.63, 3.8) is 0 Å². The molecular formula is C15H16N2S. The molecule has 0 aliphatic heterocycles. The monoisotopic (exact) mass is 256 g/mol. The van der Waals surface area contributed by atoms with E-state index in [0.717, 1.165) is 6.54 Å². The first kappa shape index (κ1) is 11.5. The summed E-state index contributed by atoms with van der Waals surface area (Å²) < 4.78 is 0. The van der Waals surface area contributed by atoms with Crippen LogP contribution in [0, 0.1) is 0 Å². The van der Waals surface area contributed by atoms with Gasteiger partial charge in [0.05, 0.1) is 0 Å². The lowest BCUT2D eigenvalue weighted by Gasteiger charge is -2.12. The number of nitrogens with one attached hydrogen (secondary N) is 2. The van der Waals surface area contributed by atoms with E-state index in [9.17, 15) is 0 Å². The Hall–Kier alpha value is -1.58. The third-order valence-electron chi connectivity index (χ3n) is 3.27. The fourth-order valence-corrected chi connectivity index (χ4v) is 2.87. The zero-order valence-corrected chi connectivity index (χ0v) is 11.1. The second kappa shape index (κ2) is 4.96. The van der Waals surface area contributed by atoms with E-state index in [4.69, 9.17) is 0 Å². The zero-order chi connectivity index (χ0) is 12.4. The Morgan fingerprint density at radius 1 is 1.28 bits per heavy atom. The fourth-order valence-electron chi connectivity index (χ4n) is 2.12. The molecule has 0 fully saturated rings. The molecule has 3 rings (SSSR count). The Morgan fingerprint density at radius 3 is 3.06 bits per heavy atom. The summed E-state index contributed by atoms with van der Waals surface area (Å²) in [5, 5.41) is 9.14. The van der Waals surface area contributed by atoms with Crippen LogP contribution in [-0.4, -0.2) is 4.98 Å². The Morgan fingerprint density at radius 2 is 2.22 bits per heavy atom. The van der Waals surface area contributed by atoms with Crippen LogP contribution in [0.25, 0.3) is 10.9 Å². The van der Waals surface area contributed by atoms with Crippen molar-refractivity contribution >= 4 is 22.2 Å². The van der Waals surface area contributed by atoms with Crippen molar-refractivity contribution in [3.05, 3.63) is 58.4 Å². The van der Waals surface area contributed by atoms with E-state index in [0.29, 0.717) is 6.04 Å². The fraction of sp³-hybridized carbons (Fsp3) is 0.200. The highest BCUT2D eigenvalue weighted by molar-refractivity contribution is 7.07. The number of benzene rings is 1. The third kappa shape index (κ3) is 2.33. The smallest absolute Gasteiger partial charge is 0.0457 e. The number of H-pyrrole nitrogens is 1. The van der Waals surface area contributed by atoms with Crippen LogP contribution in [0.4, 0.5) is 0 Å². The van der Waals surface area contributed by atoms with Gasteiger partial charge < -0.3 is 10.3 Å². The highest BCUT2D eigenvalue weighted by Crippen LogP contribution is 2.18. The molecule has 0 aliphatic rings. The van der Waals surface area contributed by atoms with E-state index < -0.39 is 0 Å². The largest absolute Gasteiger partial charge is 0.361 e. The highest BCUT2D eigenvalue weighted by Gasteiger charge is 2.05. The lowest BCUT2D eigenvalue weighted by atomic mass is 10.1. The Balaban J connectivity index is 1.69. The molecule has 2 heterocycles. The first-order chi connectivity index (χ1) is 8.83. The topological polar surface area (TPSA) is 27.8 Å². The van der Waals surface area contributed by atoms with Crippen LogP contribution in [0.15, 0.2) is 47.3 Å². The van der Waals surface area contributed by atoms with Crippen molar-refractivity contribution in [2.45, 2.75) is 19.5 Å². The number of aromatic nitrogens is 1. The Bertz CT molecular complexity index is 625. The van der Waals surface area contributed by atoms with Crippen molar-refractivity contribution in [2.75, 3.05) is 0 Å². The van der Waals surface area contributed by atoms with Crippen LogP contribution in [-0.2, 0) is 6.54 Å². The molecule has 2 aromatic heterocycles. The van der Waals surface area contributed by atoms with Crippen molar-refractivity contribution < 1.29 is 0 Å². The molecule has 3 aromatic rings. The zero-order valence-electron chi connectivity index (χ0n) is 10.3. The summed E-state index contributed by atoms with van der Waals surface area (Å²) in [5.41, 5.74) is 3.88. The van der Waals surface area contributed by atoms with E-state index in [1.807, 2.05) is 6.20 Å². The summed E-state index contributed by atoms with van der Waals surface area (Å²) in [6, 6.07) is 11.2. The SMILES string of the molecule is CC(NCc1ccc2cc[nH]c2c1)c1ccsc1. The van der Waals surface area contributed by atoms with Crippen LogP contribution in [0.2, 0.25) is 0 Å². The maximum atomic E-state index is 3.55. The van der Waals surface area contributed by atoms with Gasteiger partial charge >= 0.3 is 0 Å². The van der Waals surface area contributed by atoms with Crippen molar-refractivity contribution in [1.82, 2.24) is 10.3 Å². The van der Waals surface area contributed by atoms with E-state index in [1.165, 1.54) is 22.0 Å². The third-order valence-corrected chi connectivity index (χ3v) is 3.98. The summed E-state index contributed by atoms with van der Waals surface area (Å²) in [7, 11) is 0. The molecule has 0 amide bonds. The standard InChI is InChI=1S/C15H16N2S/c1-11(14-5-7-18-10-14)17-9-12-2-3-13-4-6-16-15(13)8-12/h2-8,10-11,16-17H,9H2,1H3. The summed E-state index contributed by atoms with van der Waals surface area (Å²) in [4.78, 5) is 3.25. The molecule has 1 aromatic carbocycles. The molecule has 1 atom stereocenters. The minimum Gasteiger partial charge on any atom is -0.361 e. The second-order valence-corrected chi connectivity index (χ2v) is 5.34. The van der Waals surface area contributed by atoms with E-state index in [1.54, 1.807) is 11.3 Å². The number of hydrogen-bond donors (Lipinski definition) is 2. The molecule has 0 radical (unpaired) electrons. The van der Waals surface area contributed by atoms with Gasteiger partial charge in [-0.1, -0.05) is 12.1 Å². The lowest BCUT2D eigenvalue weighted by Crippen LogP contribution is -2.17. The number of rotatable bonds is 4. The van der Waals surface area contributed by atoms with Crippen LogP contribution in [0.5, 0.6) is 0 Å². The van der Waals surface area contributed by atoms with Gasteiger partial charge in [-0.15, -0.1) is 0 Å². The Kier molecular flexibility index (Phi) is 3.17. The van der Waals surface area contributed by atoms with Gasteiger partial charge in [-0.25, -0.2) is 0 Å². The molecule has 92 valence electrons. The van der Waals surface area contributed by atoms with Crippen molar-refractivity contribution in [3.8, 4) is 0 Å². The second-order valence-electron chi connectivity index (χ2n) is 4.56. The minimum absolute atomic E-state index is 0.399. The van der Waals surface area contributed by atoms with Gasteiger partial charge in [-0.2, -0.15) is 11.3 Å².